The number of halogens is 1. The molecule has 1 aromatic heterocycles. The molecule has 1 rings (SSSR count). The minimum atomic E-state index is 0.0434. The molecule has 0 aliphatic rings. The van der Waals surface area contributed by atoms with Crippen molar-refractivity contribution in [2.45, 2.75) is 0 Å². The Morgan fingerprint density at radius 2 is 2.42 bits per heavy atom. The van der Waals surface area contributed by atoms with Crippen LogP contribution in [0.15, 0.2) is 4.60 Å². The molecule has 0 saturated heterocycles. The zero-order chi connectivity index (χ0) is 9.14. The fraction of sp³-hybridized carbons (Fsp3) is 0.500. The smallest absolute Gasteiger partial charge is 0.193 e. The average molecular weight is 250 g/mol. The Bertz CT molecular complexity index is 279. The third-order valence-electron chi connectivity index (χ3n) is 1.33. The van der Waals surface area contributed by atoms with Crippen LogP contribution < -0.4 is 0 Å². The van der Waals surface area contributed by atoms with Gasteiger partial charge in [0.15, 0.2) is 10.4 Å². The Kier molecular flexibility index (Phi) is 3.28. The van der Waals surface area contributed by atoms with E-state index in [2.05, 4.69) is 26.2 Å². The number of hydrogen-bond acceptors (Lipinski definition) is 4. The van der Waals surface area contributed by atoms with E-state index in [9.17, 15) is 4.79 Å². The van der Waals surface area contributed by atoms with Gasteiger partial charge in [-0.05, 0) is 22.2 Å². The summed E-state index contributed by atoms with van der Waals surface area (Å²) in [6.07, 6.45) is 1.88. The first-order chi connectivity index (χ1) is 5.66. The highest BCUT2D eigenvalue weighted by molar-refractivity contribution is 9.10. The van der Waals surface area contributed by atoms with E-state index in [1.165, 1.54) is 16.4 Å². The van der Waals surface area contributed by atoms with Crippen molar-refractivity contribution in [1.82, 2.24) is 15.0 Å². The molecular formula is C6H8BrN3OS. The van der Waals surface area contributed by atoms with Crippen molar-refractivity contribution < 1.29 is 4.79 Å². The zero-order valence-electron chi connectivity index (χ0n) is 6.74. The summed E-state index contributed by atoms with van der Waals surface area (Å²) in [7, 11) is 1.70. The van der Waals surface area contributed by atoms with Gasteiger partial charge in [0.2, 0.25) is 0 Å². The van der Waals surface area contributed by atoms with E-state index in [0.29, 0.717) is 16.0 Å². The minimum Gasteiger partial charge on any atom is -0.291 e. The van der Waals surface area contributed by atoms with E-state index < -0.39 is 0 Å². The highest BCUT2D eigenvalue weighted by Crippen LogP contribution is 2.13. The molecule has 0 aromatic carbocycles. The summed E-state index contributed by atoms with van der Waals surface area (Å²) in [6, 6.07) is 0. The molecule has 0 saturated carbocycles. The Labute approximate surface area is 82.8 Å². The van der Waals surface area contributed by atoms with Crippen LogP contribution in [-0.2, 0) is 7.05 Å². The Morgan fingerprint density at radius 3 is 2.83 bits per heavy atom. The molecule has 6 heteroatoms. The summed E-state index contributed by atoms with van der Waals surface area (Å²) in [5.41, 5.74) is 0.532. The van der Waals surface area contributed by atoms with Crippen molar-refractivity contribution in [2.75, 3.05) is 12.0 Å². The quantitative estimate of drug-likeness (QED) is 0.754. The Morgan fingerprint density at radius 1 is 1.75 bits per heavy atom. The first kappa shape index (κ1) is 9.73. The minimum absolute atomic E-state index is 0.0434. The van der Waals surface area contributed by atoms with E-state index in [1.54, 1.807) is 7.05 Å². The maximum atomic E-state index is 11.4. The van der Waals surface area contributed by atoms with E-state index in [4.69, 9.17) is 0 Å². The molecule has 0 aliphatic heterocycles. The van der Waals surface area contributed by atoms with Gasteiger partial charge in [-0.15, -0.1) is 5.10 Å². The van der Waals surface area contributed by atoms with Crippen LogP contribution in [-0.4, -0.2) is 32.8 Å². The van der Waals surface area contributed by atoms with Gasteiger partial charge in [0.25, 0.3) is 0 Å². The molecule has 0 aliphatic carbocycles. The number of carbonyl (C=O) groups excluding carboxylic acids is 1. The SMILES string of the molecule is CSCC(=O)c1c(Br)nnn1C. The van der Waals surface area contributed by atoms with Crippen LogP contribution in [0.5, 0.6) is 0 Å². The summed E-state index contributed by atoms with van der Waals surface area (Å²) in [5, 5.41) is 7.43. The largest absolute Gasteiger partial charge is 0.291 e. The van der Waals surface area contributed by atoms with E-state index in [1.807, 2.05) is 6.26 Å². The van der Waals surface area contributed by atoms with Crippen LogP contribution in [0.1, 0.15) is 10.5 Å². The van der Waals surface area contributed by atoms with Gasteiger partial charge in [-0.25, -0.2) is 4.68 Å². The molecule has 4 nitrogen and oxygen atoms in total. The van der Waals surface area contributed by atoms with Gasteiger partial charge in [0.05, 0.1) is 5.75 Å². The van der Waals surface area contributed by atoms with Crippen molar-refractivity contribution in [2.24, 2.45) is 7.05 Å². The molecule has 66 valence electrons. The van der Waals surface area contributed by atoms with Crippen molar-refractivity contribution in [3.05, 3.63) is 10.3 Å². The monoisotopic (exact) mass is 249 g/mol. The molecule has 0 N–H and O–H groups in total. The lowest BCUT2D eigenvalue weighted by molar-refractivity contribution is 0.101. The lowest BCUT2D eigenvalue weighted by Crippen LogP contribution is -2.09. The maximum absolute atomic E-state index is 11.4. The molecule has 1 aromatic rings. The van der Waals surface area contributed by atoms with Crippen LogP contribution >= 0.6 is 27.7 Å². The number of ketones is 1. The number of rotatable bonds is 3. The fourth-order valence-electron chi connectivity index (χ4n) is 0.827. The number of hydrogen-bond donors (Lipinski definition) is 0. The van der Waals surface area contributed by atoms with E-state index >= 15 is 0 Å². The lowest BCUT2D eigenvalue weighted by atomic mass is 10.3. The van der Waals surface area contributed by atoms with Crippen LogP contribution in [0, 0.1) is 0 Å². The molecule has 0 radical (unpaired) electrons. The maximum Gasteiger partial charge on any atom is 0.193 e. The second-order valence-electron chi connectivity index (χ2n) is 2.21. The van der Waals surface area contributed by atoms with Crippen molar-refractivity contribution in [1.29, 1.82) is 0 Å². The van der Waals surface area contributed by atoms with Gasteiger partial charge >= 0.3 is 0 Å². The van der Waals surface area contributed by atoms with Gasteiger partial charge in [0.1, 0.15) is 5.69 Å². The standard InChI is InChI=1S/C6H8BrN3OS/c1-10-5(4(11)3-12-2)6(7)8-9-10/h3H2,1-2H3. The third kappa shape index (κ3) is 1.87. The fourth-order valence-corrected chi connectivity index (χ4v) is 1.77. The average Bonchev–Trinajstić information content (AvgIpc) is 2.32. The number of thioether (sulfide) groups is 1. The molecule has 0 atom stereocenters. The normalized spacial score (nSPS) is 10.2. The number of Topliss-reactive ketones (excluding diaryl/α,β-unsaturated/α-hetero) is 1. The Hall–Kier alpha value is -0.360. The summed E-state index contributed by atoms with van der Waals surface area (Å²) < 4.78 is 1.99. The van der Waals surface area contributed by atoms with Crippen molar-refractivity contribution in [3.8, 4) is 0 Å². The number of aromatic nitrogens is 3. The van der Waals surface area contributed by atoms with Crippen LogP contribution in [0.4, 0.5) is 0 Å². The van der Waals surface area contributed by atoms with Crippen LogP contribution in [0.25, 0.3) is 0 Å². The van der Waals surface area contributed by atoms with Gasteiger partial charge < -0.3 is 0 Å². The summed E-state index contributed by atoms with van der Waals surface area (Å²) in [6.45, 7) is 0. The molecular weight excluding hydrogens is 242 g/mol. The molecule has 0 fully saturated rings. The first-order valence-electron chi connectivity index (χ1n) is 3.24. The van der Waals surface area contributed by atoms with Crippen LogP contribution in [0.2, 0.25) is 0 Å². The predicted molar refractivity (Wildman–Crippen MR) is 51.4 cm³/mol. The van der Waals surface area contributed by atoms with E-state index in [0.717, 1.165) is 0 Å². The number of carbonyl (C=O) groups is 1. The first-order valence-corrected chi connectivity index (χ1v) is 5.42. The highest BCUT2D eigenvalue weighted by Gasteiger charge is 2.15. The van der Waals surface area contributed by atoms with Gasteiger partial charge in [0, 0.05) is 7.05 Å². The molecule has 0 bridgehead atoms. The zero-order valence-corrected chi connectivity index (χ0v) is 9.15. The summed E-state index contributed by atoms with van der Waals surface area (Å²) >= 11 is 4.65. The van der Waals surface area contributed by atoms with Crippen molar-refractivity contribution >= 4 is 33.5 Å². The predicted octanol–water partition coefficient (Wildman–Crippen LogP) is 1.12. The van der Waals surface area contributed by atoms with E-state index in [-0.39, 0.29) is 5.78 Å². The summed E-state index contributed by atoms with van der Waals surface area (Å²) in [5.74, 6) is 0.502. The van der Waals surface area contributed by atoms with Gasteiger partial charge in [-0.3, -0.25) is 4.79 Å². The molecule has 0 amide bonds. The highest BCUT2D eigenvalue weighted by atomic mass is 79.9. The molecule has 0 spiro atoms. The van der Waals surface area contributed by atoms with Crippen molar-refractivity contribution in [3.63, 3.8) is 0 Å². The topological polar surface area (TPSA) is 47.8 Å². The Balaban J connectivity index is 2.93. The molecule has 12 heavy (non-hydrogen) atoms. The number of nitrogens with zero attached hydrogens (tertiary/aromatic N) is 3. The lowest BCUT2D eigenvalue weighted by Gasteiger charge is -1.97. The van der Waals surface area contributed by atoms with Gasteiger partial charge in [-0.2, -0.15) is 11.8 Å². The second kappa shape index (κ2) is 4.04. The summed E-state index contributed by atoms with van der Waals surface area (Å²) in [4.78, 5) is 11.4. The van der Waals surface area contributed by atoms with Crippen LogP contribution in [0.3, 0.4) is 0 Å². The number of aryl methyl sites for hydroxylation is 1. The van der Waals surface area contributed by atoms with Gasteiger partial charge in [-0.1, -0.05) is 5.21 Å². The molecule has 0 unspecified atom stereocenters. The third-order valence-corrected chi connectivity index (χ3v) is 2.41. The second-order valence-corrected chi connectivity index (χ2v) is 3.83. The molecule has 1 heterocycles.